The van der Waals surface area contributed by atoms with E-state index >= 15 is 0 Å². The normalized spacial score (nSPS) is 22.1. The summed E-state index contributed by atoms with van der Waals surface area (Å²) in [4.78, 5) is 9.90. The molecule has 0 aromatic heterocycles. The van der Waals surface area contributed by atoms with Crippen molar-refractivity contribution in [3.63, 3.8) is 0 Å². The van der Waals surface area contributed by atoms with Crippen LogP contribution in [0.25, 0.3) is 0 Å². The number of rotatable bonds is 5. The van der Waals surface area contributed by atoms with Gasteiger partial charge in [-0.15, -0.1) is 0 Å². The highest BCUT2D eigenvalue weighted by atomic mass is 16.4. The van der Waals surface area contributed by atoms with E-state index in [-0.39, 0.29) is 6.29 Å². The van der Waals surface area contributed by atoms with Gasteiger partial charge < -0.3 is 41.0 Å². The van der Waals surface area contributed by atoms with Crippen LogP contribution in [-0.4, -0.2) is 89.0 Å². The first kappa shape index (κ1) is 17.4. The molecule has 8 nitrogen and oxygen atoms in total. The highest BCUT2D eigenvalue weighted by molar-refractivity contribution is 5.56. The molecule has 18 heavy (non-hydrogen) atoms. The number of nitrogens with one attached hydrogen (secondary N) is 2. The molecule has 108 valence electrons. The third kappa shape index (κ3) is 6.97. The summed E-state index contributed by atoms with van der Waals surface area (Å²) in [6.45, 7) is 3.80. The van der Waals surface area contributed by atoms with E-state index in [2.05, 4.69) is 10.6 Å². The summed E-state index contributed by atoms with van der Waals surface area (Å²) < 4.78 is 0. The van der Waals surface area contributed by atoms with E-state index in [0.29, 0.717) is 0 Å². The van der Waals surface area contributed by atoms with Crippen LogP contribution in [0, 0.1) is 0 Å². The molecule has 0 radical (unpaired) electrons. The van der Waals surface area contributed by atoms with Crippen LogP contribution in [0.1, 0.15) is 0 Å². The van der Waals surface area contributed by atoms with Crippen molar-refractivity contribution in [1.29, 1.82) is 0 Å². The molecule has 0 aromatic rings. The van der Waals surface area contributed by atoms with E-state index in [1.807, 2.05) is 0 Å². The average Bonchev–Trinajstić information content (AvgIpc) is 2.46. The Kier molecular flexibility index (Phi) is 9.98. The van der Waals surface area contributed by atoms with E-state index < -0.39 is 31.0 Å². The molecular formula is C10H22N2O6. The number of aliphatic hydroxyl groups excluding tert-OH is 5. The van der Waals surface area contributed by atoms with Crippen molar-refractivity contribution in [3.05, 3.63) is 0 Å². The molecule has 7 N–H and O–H groups in total. The lowest BCUT2D eigenvalue weighted by molar-refractivity contribution is -0.136. The van der Waals surface area contributed by atoms with Crippen LogP contribution in [0.3, 0.4) is 0 Å². The predicted octanol–water partition coefficient (Wildman–Crippen LogP) is -4.20. The molecule has 1 fully saturated rings. The number of hydrogen-bond acceptors (Lipinski definition) is 8. The topological polar surface area (TPSA) is 142 Å². The average molecular weight is 266 g/mol. The van der Waals surface area contributed by atoms with Crippen molar-refractivity contribution in [2.45, 2.75) is 24.4 Å². The van der Waals surface area contributed by atoms with Crippen molar-refractivity contribution in [2.24, 2.45) is 0 Å². The smallest absolute Gasteiger partial charge is 0.151 e. The molecule has 0 aliphatic carbocycles. The maximum Gasteiger partial charge on any atom is 0.151 e. The van der Waals surface area contributed by atoms with Crippen molar-refractivity contribution in [1.82, 2.24) is 10.6 Å². The molecule has 1 aliphatic heterocycles. The van der Waals surface area contributed by atoms with Gasteiger partial charge in [-0.25, -0.2) is 0 Å². The second-order valence-electron chi connectivity index (χ2n) is 3.86. The summed E-state index contributed by atoms with van der Waals surface area (Å²) in [5.74, 6) is 0. The second-order valence-corrected chi connectivity index (χ2v) is 3.86. The molecular weight excluding hydrogens is 244 g/mol. The van der Waals surface area contributed by atoms with E-state index in [4.69, 9.17) is 25.5 Å². The zero-order chi connectivity index (χ0) is 14.0. The molecule has 0 saturated carbocycles. The van der Waals surface area contributed by atoms with Crippen LogP contribution in [0.5, 0.6) is 0 Å². The number of aldehydes is 1. The highest BCUT2D eigenvalue weighted by Gasteiger charge is 2.29. The highest BCUT2D eigenvalue weighted by Crippen LogP contribution is 2.02. The quantitative estimate of drug-likeness (QED) is 0.248. The van der Waals surface area contributed by atoms with Crippen molar-refractivity contribution in [3.8, 4) is 0 Å². The lowest BCUT2D eigenvalue weighted by Crippen LogP contribution is -2.46. The van der Waals surface area contributed by atoms with E-state index in [1.54, 1.807) is 0 Å². The van der Waals surface area contributed by atoms with Crippen LogP contribution in [0.15, 0.2) is 0 Å². The van der Waals surface area contributed by atoms with Gasteiger partial charge in [-0.2, -0.15) is 0 Å². The van der Waals surface area contributed by atoms with Crippen molar-refractivity contribution in [2.75, 3.05) is 32.8 Å². The molecule has 4 atom stereocenters. The summed E-state index contributed by atoms with van der Waals surface area (Å²) in [5.41, 5.74) is 0. The van der Waals surface area contributed by atoms with Crippen LogP contribution in [0.4, 0.5) is 0 Å². The fraction of sp³-hybridized carbons (Fsp3) is 0.900. The molecule has 1 saturated heterocycles. The summed E-state index contributed by atoms with van der Waals surface area (Å²) in [6.07, 6.45) is -6.84. The standard InChI is InChI=1S/C6H12O6.C4H10N2/c7-1-3(9)5(11)6(12)4(10)2-8;1-2-6-4-3-5-1/h1,3-6,8-12H,2H2;5-6H,1-4H2. The largest absolute Gasteiger partial charge is 0.394 e. The number of carbonyl (C=O) groups is 1. The van der Waals surface area contributed by atoms with Gasteiger partial charge in [-0.05, 0) is 0 Å². The Bertz CT molecular complexity index is 203. The minimum absolute atomic E-state index is 0.0258. The van der Waals surface area contributed by atoms with Crippen LogP contribution < -0.4 is 10.6 Å². The number of aliphatic hydroxyl groups is 5. The Morgan fingerprint density at radius 1 is 0.944 bits per heavy atom. The number of carbonyl (C=O) groups excluding carboxylic acids is 1. The third-order valence-corrected chi connectivity index (χ3v) is 2.38. The molecule has 1 aliphatic rings. The van der Waals surface area contributed by atoms with Gasteiger partial charge in [-0.1, -0.05) is 0 Å². The molecule has 1 rings (SSSR count). The number of piperazine rings is 1. The Morgan fingerprint density at radius 3 is 1.67 bits per heavy atom. The van der Waals surface area contributed by atoms with E-state index in [0.717, 1.165) is 26.2 Å². The minimum Gasteiger partial charge on any atom is -0.394 e. The number of hydrogen-bond donors (Lipinski definition) is 7. The third-order valence-electron chi connectivity index (χ3n) is 2.38. The van der Waals surface area contributed by atoms with Crippen LogP contribution in [-0.2, 0) is 4.79 Å². The zero-order valence-electron chi connectivity index (χ0n) is 10.1. The van der Waals surface area contributed by atoms with Gasteiger partial charge in [0.15, 0.2) is 6.29 Å². The summed E-state index contributed by atoms with van der Waals surface area (Å²) in [5, 5.41) is 50.0. The first-order chi connectivity index (χ1) is 8.54. The first-order valence-corrected chi connectivity index (χ1v) is 5.74. The fourth-order valence-corrected chi connectivity index (χ4v) is 1.22. The van der Waals surface area contributed by atoms with Crippen molar-refractivity contribution < 1.29 is 30.3 Å². The van der Waals surface area contributed by atoms with E-state index in [1.165, 1.54) is 0 Å². The van der Waals surface area contributed by atoms with Crippen LogP contribution in [0.2, 0.25) is 0 Å². The summed E-state index contributed by atoms with van der Waals surface area (Å²) in [6, 6.07) is 0. The molecule has 8 heteroatoms. The monoisotopic (exact) mass is 266 g/mol. The SMILES string of the molecule is C1CNCCN1.O=CC(O)C(O)C(O)C(O)CO. The Morgan fingerprint density at radius 2 is 1.39 bits per heavy atom. The van der Waals surface area contributed by atoms with Gasteiger partial charge in [0.25, 0.3) is 0 Å². The van der Waals surface area contributed by atoms with Gasteiger partial charge >= 0.3 is 0 Å². The maximum absolute atomic E-state index is 9.90. The van der Waals surface area contributed by atoms with Gasteiger partial charge in [0.1, 0.15) is 24.4 Å². The van der Waals surface area contributed by atoms with Crippen molar-refractivity contribution >= 4 is 6.29 Å². The molecule has 0 amide bonds. The molecule has 1 heterocycles. The Hall–Kier alpha value is -0.610. The fourth-order valence-electron chi connectivity index (χ4n) is 1.22. The zero-order valence-corrected chi connectivity index (χ0v) is 10.1. The Balaban J connectivity index is 0.000000397. The predicted molar refractivity (Wildman–Crippen MR) is 62.9 cm³/mol. The van der Waals surface area contributed by atoms with E-state index in [9.17, 15) is 4.79 Å². The summed E-state index contributed by atoms with van der Waals surface area (Å²) >= 11 is 0. The minimum atomic E-state index is -1.79. The van der Waals surface area contributed by atoms with Gasteiger partial charge in [-0.3, -0.25) is 0 Å². The van der Waals surface area contributed by atoms with Gasteiger partial charge in [0, 0.05) is 26.2 Å². The van der Waals surface area contributed by atoms with Gasteiger partial charge in [0.2, 0.25) is 0 Å². The molecule has 4 unspecified atom stereocenters. The first-order valence-electron chi connectivity index (χ1n) is 5.74. The van der Waals surface area contributed by atoms with Gasteiger partial charge in [0.05, 0.1) is 6.61 Å². The lowest BCUT2D eigenvalue weighted by Gasteiger charge is -2.22. The lowest BCUT2D eigenvalue weighted by atomic mass is 10.0. The molecule has 0 spiro atoms. The second kappa shape index (κ2) is 10.3. The molecule has 0 aromatic carbocycles. The maximum atomic E-state index is 9.90. The van der Waals surface area contributed by atoms with Crippen LogP contribution >= 0.6 is 0 Å². The Labute approximate surface area is 105 Å². The molecule has 0 bridgehead atoms. The summed E-state index contributed by atoms with van der Waals surface area (Å²) in [7, 11) is 0.